The number of esters is 1. The molecule has 0 saturated heterocycles. The van der Waals surface area contributed by atoms with Gasteiger partial charge in [-0.15, -0.1) is 0 Å². The Balaban J connectivity index is 1.51. The second-order valence-corrected chi connectivity index (χ2v) is 6.72. The van der Waals surface area contributed by atoms with Crippen molar-refractivity contribution in [3.63, 3.8) is 0 Å². The van der Waals surface area contributed by atoms with E-state index in [9.17, 15) is 14.4 Å². The smallest absolute Gasteiger partial charge is 0.325 e. The Bertz CT molecular complexity index is 912. The summed E-state index contributed by atoms with van der Waals surface area (Å²) in [6.07, 6.45) is 0.769. The molecule has 2 aromatic rings. The number of hydrogen-bond acceptors (Lipinski definition) is 5. The number of carbonyl (C=O) groups excluding carboxylic acids is 3. The van der Waals surface area contributed by atoms with Crippen LogP contribution in [0.25, 0.3) is 0 Å². The monoisotopic (exact) mass is 396 g/mol. The first kappa shape index (κ1) is 20.4. The average molecular weight is 396 g/mol. The Hall–Kier alpha value is -3.35. The zero-order valence-corrected chi connectivity index (χ0v) is 16.5. The van der Waals surface area contributed by atoms with Crippen molar-refractivity contribution in [1.29, 1.82) is 0 Å². The maximum atomic E-state index is 12.5. The number of hydrogen-bond donors (Lipinski definition) is 1. The van der Waals surface area contributed by atoms with Crippen molar-refractivity contribution >= 4 is 23.5 Å². The Morgan fingerprint density at radius 3 is 2.62 bits per heavy atom. The SMILES string of the molecule is CCOc1ccccc1C(=O)NCC(=O)OCC(=O)N1c2ccccc2C[C@@H]1C. The van der Waals surface area contributed by atoms with E-state index in [1.54, 1.807) is 29.2 Å². The van der Waals surface area contributed by atoms with Crippen molar-refractivity contribution in [1.82, 2.24) is 5.32 Å². The lowest BCUT2D eigenvalue weighted by molar-refractivity contribution is -0.146. The summed E-state index contributed by atoms with van der Waals surface area (Å²) in [6.45, 7) is 3.49. The molecule has 3 rings (SSSR count). The van der Waals surface area contributed by atoms with E-state index in [4.69, 9.17) is 9.47 Å². The molecule has 1 N–H and O–H groups in total. The molecule has 0 saturated carbocycles. The van der Waals surface area contributed by atoms with Crippen LogP contribution in [0.3, 0.4) is 0 Å². The van der Waals surface area contributed by atoms with E-state index in [0.717, 1.165) is 17.7 Å². The molecule has 0 aromatic heterocycles. The predicted molar refractivity (Wildman–Crippen MR) is 108 cm³/mol. The van der Waals surface area contributed by atoms with Gasteiger partial charge >= 0.3 is 5.97 Å². The van der Waals surface area contributed by atoms with E-state index in [1.807, 2.05) is 38.1 Å². The largest absolute Gasteiger partial charge is 0.493 e. The zero-order chi connectivity index (χ0) is 20.8. The lowest BCUT2D eigenvalue weighted by Gasteiger charge is -2.22. The molecule has 1 atom stereocenters. The van der Waals surface area contributed by atoms with Crippen LogP contribution < -0.4 is 15.0 Å². The van der Waals surface area contributed by atoms with E-state index >= 15 is 0 Å². The van der Waals surface area contributed by atoms with E-state index < -0.39 is 11.9 Å². The molecule has 1 heterocycles. The van der Waals surface area contributed by atoms with Crippen LogP contribution in [0.5, 0.6) is 5.75 Å². The summed E-state index contributed by atoms with van der Waals surface area (Å²) in [5, 5.41) is 2.50. The molecule has 0 aliphatic carbocycles. The number of anilines is 1. The molecule has 7 nitrogen and oxygen atoms in total. The summed E-state index contributed by atoms with van der Waals surface area (Å²) < 4.78 is 10.5. The Morgan fingerprint density at radius 2 is 1.83 bits per heavy atom. The molecule has 0 spiro atoms. The molecule has 0 radical (unpaired) electrons. The minimum Gasteiger partial charge on any atom is -0.493 e. The minimum absolute atomic E-state index is 0.00775. The number of rotatable bonds is 7. The number of ether oxygens (including phenoxy) is 2. The summed E-state index contributed by atoms with van der Waals surface area (Å²) in [5.41, 5.74) is 2.28. The van der Waals surface area contributed by atoms with Gasteiger partial charge in [0.15, 0.2) is 6.61 Å². The van der Waals surface area contributed by atoms with E-state index in [-0.39, 0.29) is 25.1 Å². The first-order chi connectivity index (χ1) is 14.0. The van der Waals surface area contributed by atoms with Gasteiger partial charge in [0.2, 0.25) is 0 Å². The van der Waals surface area contributed by atoms with E-state index in [1.165, 1.54) is 0 Å². The van der Waals surface area contributed by atoms with Crippen molar-refractivity contribution in [2.45, 2.75) is 26.3 Å². The number of para-hydroxylation sites is 2. The summed E-state index contributed by atoms with van der Waals surface area (Å²) >= 11 is 0. The number of amides is 2. The zero-order valence-electron chi connectivity index (χ0n) is 16.5. The fraction of sp³-hybridized carbons (Fsp3) is 0.318. The van der Waals surface area contributed by atoms with Crippen LogP contribution in [0, 0.1) is 0 Å². The molecule has 2 aromatic carbocycles. The van der Waals surface area contributed by atoms with Crippen LogP contribution in [-0.2, 0) is 20.7 Å². The standard InChI is InChI=1S/C22H24N2O5/c1-3-28-19-11-7-5-9-17(19)22(27)23-13-21(26)29-14-20(25)24-15(2)12-16-8-4-6-10-18(16)24/h4-11,15H,3,12-14H2,1-2H3,(H,23,27)/t15-/m0/s1. The summed E-state index contributed by atoms with van der Waals surface area (Å²) in [7, 11) is 0. The number of benzene rings is 2. The fourth-order valence-electron chi connectivity index (χ4n) is 3.39. The number of fused-ring (bicyclic) bond motifs is 1. The maximum Gasteiger partial charge on any atom is 0.325 e. The second-order valence-electron chi connectivity index (χ2n) is 6.72. The van der Waals surface area contributed by atoms with Crippen LogP contribution in [0.1, 0.15) is 29.8 Å². The molecule has 0 bridgehead atoms. The minimum atomic E-state index is -0.680. The Morgan fingerprint density at radius 1 is 1.10 bits per heavy atom. The molecule has 0 fully saturated rings. The quantitative estimate of drug-likeness (QED) is 0.726. The van der Waals surface area contributed by atoms with Crippen LogP contribution in [-0.4, -0.2) is 43.6 Å². The van der Waals surface area contributed by atoms with Gasteiger partial charge in [0.25, 0.3) is 11.8 Å². The fourth-order valence-corrected chi connectivity index (χ4v) is 3.39. The summed E-state index contributed by atoms with van der Waals surface area (Å²) in [4.78, 5) is 38.5. The number of nitrogens with one attached hydrogen (secondary N) is 1. The lowest BCUT2D eigenvalue weighted by Crippen LogP contribution is -2.39. The van der Waals surface area contributed by atoms with Gasteiger partial charge in [0, 0.05) is 11.7 Å². The van der Waals surface area contributed by atoms with Crippen LogP contribution in [0.2, 0.25) is 0 Å². The van der Waals surface area contributed by atoms with Gasteiger partial charge in [-0.05, 0) is 44.0 Å². The molecule has 1 aliphatic heterocycles. The third-order valence-electron chi connectivity index (χ3n) is 4.66. The highest BCUT2D eigenvalue weighted by Gasteiger charge is 2.30. The van der Waals surface area contributed by atoms with Crippen molar-refractivity contribution in [3.8, 4) is 5.75 Å². The molecule has 2 amide bonds. The molecular weight excluding hydrogens is 372 g/mol. The molecule has 0 unspecified atom stereocenters. The van der Waals surface area contributed by atoms with Gasteiger partial charge in [-0.1, -0.05) is 30.3 Å². The normalized spacial score (nSPS) is 14.8. The first-order valence-corrected chi connectivity index (χ1v) is 9.57. The second kappa shape index (κ2) is 9.23. The van der Waals surface area contributed by atoms with Gasteiger partial charge in [-0.3, -0.25) is 14.4 Å². The molecular formula is C22H24N2O5. The molecule has 29 heavy (non-hydrogen) atoms. The van der Waals surface area contributed by atoms with Crippen LogP contribution in [0.15, 0.2) is 48.5 Å². The average Bonchev–Trinajstić information content (AvgIpc) is 3.06. The van der Waals surface area contributed by atoms with Gasteiger partial charge in [0.05, 0.1) is 12.2 Å². The molecule has 7 heteroatoms. The van der Waals surface area contributed by atoms with Crippen molar-refractivity contribution in [2.24, 2.45) is 0 Å². The van der Waals surface area contributed by atoms with E-state index in [0.29, 0.717) is 17.9 Å². The highest BCUT2D eigenvalue weighted by atomic mass is 16.5. The van der Waals surface area contributed by atoms with Gasteiger partial charge in [-0.2, -0.15) is 0 Å². The van der Waals surface area contributed by atoms with Gasteiger partial charge in [-0.25, -0.2) is 0 Å². The Kier molecular flexibility index (Phi) is 6.49. The predicted octanol–water partition coefficient (Wildman–Crippen LogP) is 2.34. The van der Waals surface area contributed by atoms with Gasteiger partial charge in [0.1, 0.15) is 12.3 Å². The van der Waals surface area contributed by atoms with Crippen LogP contribution in [0.4, 0.5) is 5.69 Å². The number of carbonyl (C=O) groups is 3. The van der Waals surface area contributed by atoms with Crippen LogP contribution >= 0.6 is 0 Å². The first-order valence-electron chi connectivity index (χ1n) is 9.57. The van der Waals surface area contributed by atoms with Gasteiger partial charge < -0.3 is 19.7 Å². The van der Waals surface area contributed by atoms with Crippen molar-refractivity contribution < 1.29 is 23.9 Å². The molecule has 1 aliphatic rings. The highest BCUT2D eigenvalue weighted by Crippen LogP contribution is 2.31. The molecule has 152 valence electrons. The van der Waals surface area contributed by atoms with E-state index in [2.05, 4.69) is 5.32 Å². The lowest BCUT2D eigenvalue weighted by atomic mass is 10.1. The third-order valence-corrected chi connectivity index (χ3v) is 4.66. The third kappa shape index (κ3) is 4.74. The topological polar surface area (TPSA) is 84.9 Å². The summed E-state index contributed by atoms with van der Waals surface area (Å²) in [5.74, 6) is -0.971. The highest BCUT2D eigenvalue weighted by molar-refractivity contribution is 5.99. The Labute approximate surface area is 169 Å². The van der Waals surface area contributed by atoms with Crippen molar-refractivity contribution in [3.05, 3.63) is 59.7 Å². The number of nitrogens with zero attached hydrogens (tertiary/aromatic N) is 1. The maximum absolute atomic E-state index is 12.5. The summed E-state index contributed by atoms with van der Waals surface area (Å²) in [6, 6.07) is 14.5. The van der Waals surface area contributed by atoms with Crippen molar-refractivity contribution in [2.75, 3.05) is 24.7 Å².